The molecule has 0 bridgehead atoms. The van der Waals surface area contributed by atoms with Crippen molar-refractivity contribution in [1.29, 1.82) is 0 Å². The van der Waals surface area contributed by atoms with E-state index in [0.717, 1.165) is 25.0 Å². The van der Waals surface area contributed by atoms with E-state index < -0.39 is 5.60 Å². The molecule has 1 amide bonds. The summed E-state index contributed by atoms with van der Waals surface area (Å²) in [5.41, 5.74) is 1.67. The molecule has 1 aliphatic rings. The smallest absolute Gasteiger partial charge is 0.410 e. The number of halogens is 1. The summed E-state index contributed by atoms with van der Waals surface area (Å²) in [7, 11) is 0. The highest BCUT2D eigenvalue weighted by Gasteiger charge is 2.27. The molecule has 0 N–H and O–H groups in total. The third kappa shape index (κ3) is 6.37. The number of ketones is 1. The summed E-state index contributed by atoms with van der Waals surface area (Å²) in [6, 6.07) is 11.3. The van der Waals surface area contributed by atoms with Gasteiger partial charge in [0.2, 0.25) is 0 Å². The van der Waals surface area contributed by atoms with E-state index in [4.69, 9.17) is 4.74 Å². The molecule has 0 radical (unpaired) electrons. The molecule has 2 aromatic rings. The number of carbonyl (C=O) groups excluding carboxylic acids is 2. The van der Waals surface area contributed by atoms with Crippen LogP contribution in [0.1, 0.15) is 55.4 Å². The minimum Gasteiger partial charge on any atom is -0.444 e. The lowest BCUT2D eigenvalue weighted by atomic mass is 9.92. The van der Waals surface area contributed by atoms with Crippen molar-refractivity contribution in [3.8, 4) is 0 Å². The van der Waals surface area contributed by atoms with Gasteiger partial charge in [0.25, 0.3) is 0 Å². The molecule has 5 nitrogen and oxygen atoms in total. The quantitative estimate of drug-likeness (QED) is 0.660. The van der Waals surface area contributed by atoms with Crippen LogP contribution in [0.5, 0.6) is 0 Å². The number of hydrogen-bond donors (Lipinski definition) is 0. The molecule has 1 aromatic carbocycles. The van der Waals surface area contributed by atoms with Gasteiger partial charge in [-0.25, -0.2) is 9.18 Å². The number of aromatic nitrogens is 1. The molecule has 0 unspecified atom stereocenters. The van der Waals surface area contributed by atoms with Crippen LogP contribution in [0.25, 0.3) is 0 Å². The molecule has 3 rings (SSSR count). The van der Waals surface area contributed by atoms with Gasteiger partial charge in [-0.1, -0.05) is 6.07 Å². The zero-order chi connectivity index (χ0) is 21.7. The fourth-order valence-corrected chi connectivity index (χ4v) is 3.59. The average molecular weight is 413 g/mol. The molecule has 30 heavy (non-hydrogen) atoms. The van der Waals surface area contributed by atoms with E-state index in [1.165, 1.54) is 24.3 Å². The first-order valence-electron chi connectivity index (χ1n) is 10.4. The van der Waals surface area contributed by atoms with Crippen LogP contribution in [-0.2, 0) is 17.6 Å². The Bertz CT molecular complexity index is 882. The lowest BCUT2D eigenvalue weighted by Crippen LogP contribution is -2.42. The van der Waals surface area contributed by atoms with Crippen molar-refractivity contribution in [2.24, 2.45) is 5.92 Å². The fourth-order valence-electron chi connectivity index (χ4n) is 3.59. The summed E-state index contributed by atoms with van der Waals surface area (Å²) in [6.45, 7) is 6.98. The van der Waals surface area contributed by atoms with Crippen molar-refractivity contribution in [3.05, 3.63) is 65.2 Å². The predicted molar refractivity (Wildman–Crippen MR) is 113 cm³/mol. The van der Waals surface area contributed by atoms with Crippen LogP contribution in [0.15, 0.2) is 42.5 Å². The Morgan fingerprint density at radius 3 is 2.33 bits per heavy atom. The van der Waals surface area contributed by atoms with Crippen LogP contribution < -0.4 is 0 Å². The highest BCUT2D eigenvalue weighted by Crippen LogP contribution is 2.23. The zero-order valence-electron chi connectivity index (χ0n) is 17.9. The Morgan fingerprint density at radius 2 is 1.70 bits per heavy atom. The summed E-state index contributed by atoms with van der Waals surface area (Å²) in [5, 5.41) is 0. The number of Topliss-reactive ketones (excluding diaryl/α,β-unsaturated/α-hetero) is 1. The second kappa shape index (κ2) is 9.37. The molecule has 1 saturated heterocycles. The van der Waals surface area contributed by atoms with Crippen molar-refractivity contribution < 1.29 is 18.7 Å². The lowest BCUT2D eigenvalue weighted by molar-refractivity contribution is 0.0184. The van der Waals surface area contributed by atoms with Crippen LogP contribution in [0.3, 0.4) is 0 Å². The number of rotatable bonds is 5. The van der Waals surface area contributed by atoms with Crippen molar-refractivity contribution in [2.75, 3.05) is 13.1 Å². The average Bonchev–Trinajstić information content (AvgIpc) is 2.68. The number of ether oxygens (including phenoxy) is 1. The van der Waals surface area contributed by atoms with Gasteiger partial charge in [0.05, 0.1) is 6.42 Å². The van der Waals surface area contributed by atoms with E-state index in [-0.39, 0.29) is 24.1 Å². The Kier molecular flexibility index (Phi) is 6.85. The van der Waals surface area contributed by atoms with E-state index in [2.05, 4.69) is 4.98 Å². The number of amides is 1. The number of nitrogens with zero attached hydrogens (tertiary/aromatic N) is 2. The van der Waals surface area contributed by atoms with E-state index in [1.807, 2.05) is 39.0 Å². The SMILES string of the molecule is CC(C)(C)OC(=O)N1CCC(Cc2cccc(CC(=O)c3ccc(F)cc3)n2)CC1. The third-order valence-electron chi connectivity index (χ3n) is 5.14. The van der Waals surface area contributed by atoms with Gasteiger partial charge in [-0.2, -0.15) is 0 Å². The minimum absolute atomic E-state index is 0.0784. The zero-order valence-corrected chi connectivity index (χ0v) is 17.9. The number of piperidine rings is 1. The Labute approximate surface area is 177 Å². The number of carbonyl (C=O) groups is 2. The van der Waals surface area contributed by atoms with Crippen molar-refractivity contribution in [2.45, 2.75) is 52.1 Å². The van der Waals surface area contributed by atoms with Crippen molar-refractivity contribution in [3.63, 3.8) is 0 Å². The minimum atomic E-state index is -0.483. The van der Waals surface area contributed by atoms with E-state index in [9.17, 15) is 14.0 Å². The molecule has 0 aliphatic carbocycles. The maximum atomic E-state index is 13.0. The lowest BCUT2D eigenvalue weighted by Gasteiger charge is -2.33. The molecule has 0 saturated carbocycles. The van der Waals surface area contributed by atoms with Gasteiger partial charge in [-0.05, 0) is 82.3 Å². The second-order valence-electron chi connectivity index (χ2n) is 8.84. The van der Waals surface area contributed by atoms with E-state index >= 15 is 0 Å². The number of hydrogen-bond acceptors (Lipinski definition) is 4. The first-order chi connectivity index (χ1) is 14.2. The Balaban J connectivity index is 1.53. The number of pyridine rings is 1. The van der Waals surface area contributed by atoms with Gasteiger partial charge >= 0.3 is 6.09 Å². The Morgan fingerprint density at radius 1 is 1.07 bits per heavy atom. The molecule has 160 valence electrons. The highest BCUT2D eigenvalue weighted by atomic mass is 19.1. The normalized spacial score (nSPS) is 15.1. The van der Waals surface area contributed by atoms with Gasteiger partial charge in [0, 0.05) is 30.0 Å². The molecule has 0 spiro atoms. The first kappa shape index (κ1) is 21.9. The molecule has 1 aromatic heterocycles. The van der Waals surface area contributed by atoms with Crippen molar-refractivity contribution in [1.82, 2.24) is 9.88 Å². The van der Waals surface area contributed by atoms with Crippen LogP contribution in [0, 0.1) is 11.7 Å². The van der Waals surface area contributed by atoms with Gasteiger partial charge in [0.1, 0.15) is 11.4 Å². The summed E-state index contributed by atoms with van der Waals surface area (Å²) in [4.78, 5) is 31.0. The van der Waals surface area contributed by atoms with Crippen LogP contribution in [0.4, 0.5) is 9.18 Å². The monoisotopic (exact) mass is 412 g/mol. The molecule has 2 heterocycles. The van der Waals surface area contributed by atoms with Gasteiger partial charge < -0.3 is 9.64 Å². The van der Waals surface area contributed by atoms with E-state index in [0.29, 0.717) is 30.3 Å². The maximum Gasteiger partial charge on any atom is 0.410 e. The summed E-state index contributed by atoms with van der Waals surface area (Å²) >= 11 is 0. The van der Waals surface area contributed by atoms with E-state index in [1.54, 1.807) is 4.90 Å². The number of benzene rings is 1. The topological polar surface area (TPSA) is 59.5 Å². The van der Waals surface area contributed by atoms with Gasteiger partial charge in [0.15, 0.2) is 5.78 Å². The summed E-state index contributed by atoms with van der Waals surface area (Å²) < 4.78 is 18.5. The van der Waals surface area contributed by atoms with Crippen molar-refractivity contribution >= 4 is 11.9 Å². The maximum absolute atomic E-state index is 13.0. The van der Waals surface area contributed by atoms with Crippen LogP contribution in [0.2, 0.25) is 0 Å². The molecule has 1 aliphatic heterocycles. The standard InChI is InChI=1S/C24H29FN2O3/c1-24(2,3)30-23(29)27-13-11-17(12-14-27)15-20-5-4-6-21(26-20)16-22(28)18-7-9-19(25)10-8-18/h4-10,17H,11-16H2,1-3H3. The first-order valence-corrected chi connectivity index (χ1v) is 10.4. The highest BCUT2D eigenvalue weighted by molar-refractivity contribution is 5.97. The largest absolute Gasteiger partial charge is 0.444 e. The molecule has 0 atom stereocenters. The van der Waals surface area contributed by atoms with Gasteiger partial charge in [-0.3, -0.25) is 9.78 Å². The van der Waals surface area contributed by atoms with Crippen LogP contribution in [-0.4, -0.2) is 40.5 Å². The summed E-state index contributed by atoms with van der Waals surface area (Å²) in [6.07, 6.45) is 2.57. The molecule has 6 heteroatoms. The van der Waals surface area contributed by atoms with Crippen LogP contribution >= 0.6 is 0 Å². The third-order valence-corrected chi connectivity index (χ3v) is 5.14. The van der Waals surface area contributed by atoms with Gasteiger partial charge in [-0.15, -0.1) is 0 Å². The predicted octanol–water partition coefficient (Wildman–Crippen LogP) is 4.84. The fraction of sp³-hybridized carbons (Fsp3) is 0.458. The number of likely N-dealkylation sites (tertiary alicyclic amines) is 1. The molecule has 1 fully saturated rings. The Hall–Kier alpha value is -2.76. The summed E-state index contributed by atoms with van der Waals surface area (Å²) in [5.74, 6) is 0.00828. The molecular weight excluding hydrogens is 383 g/mol. The second-order valence-corrected chi connectivity index (χ2v) is 8.84. The molecular formula is C24H29FN2O3.